The highest BCUT2D eigenvalue weighted by Gasteiger charge is 2.28. The minimum Gasteiger partial charge on any atom is -0.449 e. The van der Waals surface area contributed by atoms with E-state index in [1.807, 2.05) is 24.3 Å². The molecule has 1 aliphatic carbocycles. The molecule has 4 nitrogen and oxygen atoms in total. The number of nitrogens with zero attached hydrogens (tertiary/aromatic N) is 1. The zero-order valence-electron chi connectivity index (χ0n) is 16.0. The molecule has 1 heterocycles. The van der Waals surface area contributed by atoms with Crippen LogP contribution in [0.5, 0.6) is 0 Å². The van der Waals surface area contributed by atoms with E-state index in [-0.39, 0.29) is 12.5 Å². The molecule has 0 radical (unpaired) electrons. The summed E-state index contributed by atoms with van der Waals surface area (Å²) in [5.41, 5.74) is 5.33. The van der Waals surface area contributed by atoms with Crippen LogP contribution in [0.4, 0.5) is 4.79 Å². The fraction of sp³-hybridized carbons (Fsp3) is 0.167. The van der Waals surface area contributed by atoms with Gasteiger partial charge >= 0.3 is 6.09 Å². The molecule has 1 amide bonds. The van der Waals surface area contributed by atoms with E-state index in [1.54, 1.807) is 6.07 Å². The molecule has 0 atom stereocenters. The van der Waals surface area contributed by atoms with E-state index in [1.165, 1.54) is 28.5 Å². The minimum atomic E-state index is -0.457. The van der Waals surface area contributed by atoms with E-state index in [0.717, 1.165) is 0 Å². The molecule has 1 aromatic heterocycles. The van der Waals surface area contributed by atoms with Gasteiger partial charge in [-0.25, -0.2) is 9.78 Å². The third kappa shape index (κ3) is 4.43. The molecule has 30 heavy (non-hydrogen) atoms. The first-order valence-electron chi connectivity index (χ1n) is 9.52. The van der Waals surface area contributed by atoms with Crippen LogP contribution >= 0.6 is 23.2 Å². The smallest absolute Gasteiger partial charge is 0.407 e. The second-order valence-electron chi connectivity index (χ2n) is 6.80. The lowest BCUT2D eigenvalue weighted by Crippen LogP contribution is -2.26. The minimum absolute atomic E-state index is 0.0420. The van der Waals surface area contributed by atoms with Crippen molar-refractivity contribution in [3.8, 4) is 23.0 Å². The van der Waals surface area contributed by atoms with Gasteiger partial charge in [0.25, 0.3) is 0 Å². The average Bonchev–Trinajstić information content (AvgIpc) is 3.08. The highest BCUT2D eigenvalue weighted by molar-refractivity contribution is 6.32. The van der Waals surface area contributed by atoms with Crippen LogP contribution in [0.3, 0.4) is 0 Å². The Kier molecular flexibility index (Phi) is 6.23. The van der Waals surface area contributed by atoms with Gasteiger partial charge in [0.05, 0.1) is 10.6 Å². The van der Waals surface area contributed by atoms with Crippen molar-refractivity contribution >= 4 is 29.3 Å². The van der Waals surface area contributed by atoms with Crippen molar-refractivity contribution in [3.63, 3.8) is 0 Å². The number of aromatic nitrogens is 1. The van der Waals surface area contributed by atoms with Gasteiger partial charge in [-0.3, -0.25) is 0 Å². The summed E-state index contributed by atoms with van der Waals surface area (Å²) in [6.07, 6.45) is 1.46. The first-order valence-corrected chi connectivity index (χ1v) is 10.3. The Labute approximate surface area is 185 Å². The Balaban J connectivity index is 1.30. The van der Waals surface area contributed by atoms with Crippen molar-refractivity contribution in [3.05, 3.63) is 87.7 Å². The Bertz CT molecular complexity index is 1110. The Morgan fingerprint density at radius 2 is 1.73 bits per heavy atom. The molecule has 3 aromatic rings. The Morgan fingerprint density at radius 3 is 2.43 bits per heavy atom. The zero-order chi connectivity index (χ0) is 20.9. The van der Waals surface area contributed by atoms with Crippen LogP contribution in [-0.4, -0.2) is 24.2 Å². The topological polar surface area (TPSA) is 51.2 Å². The number of benzene rings is 2. The molecular formula is C24H18Cl2N2O2. The standard InChI is InChI=1S/C24H18Cl2N2O2/c25-17-13-16(23(26)28-14-17)7-5-6-12-27-24(29)30-15-22-20-10-3-1-8-18(20)19-9-2-4-11-21(19)22/h1-4,8-11,13-14,22H,6,12,15H2,(H,27,29). The Morgan fingerprint density at radius 1 is 1.07 bits per heavy atom. The van der Waals surface area contributed by atoms with Crippen molar-refractivity contribution in [2.75, 3.05) is 13.2 Å². The lowest BCUT2D eigenvalue weighted by atomic mass is 9.98. The number of pyridine rings is 1. The van der Waals surface area contributed by atoms with Gasteiger partial charge in [-0.2, -0.15) is 0 Å². The summed E-state index contributed by atoms with van der Waals surface area (Å²) in [5.74, 6) is 5.89. The molecule has 0 saturated heterocycles. The predicted octanol–water partition coefficient (Wildman–Crippen LogP) is 5.67. The van der Waals surface area contributed by atoms with E-state index < -0.39 is 6.09 Å². The summed E-state index contributed by atoms with van der Waals surface area (Å²) < 4.78 is 5.49. The van der Waals surface area contributed by atoms with Gasteiger partial charge in [-0.15, -0.1) is 0 Å². The SMILES string of the molecule is O=C(NCCC#Cc1cc(Cl)cnc1Cl)OCC1c2ccccc2-c2ccccc21. The number of hydrogen-bond donors (Lipinski definition) is 1. The number of carbonyl (C=O) groups excluding carboxylic acids is 1. The second kappa shape index (κ2) is 9.21. The van der Waals surface area contributed by atoms with Crippen LogP contribution in [0.15, 0.2) is 60.8 Å². The van der Waals surface area contributed by atoms with Crippen LogP contribution in [0, 0.1) is 11.8 Å². The molecule has 4 rings (SSSR count). The van der Waals surface area contributed by atoms with Gasteiger partial charge in [0.2, 0.25) is 0 Å². The largest absolute Gasteiger partial charge is 0.449 e. The molecule has 0 fully saturated rings. The van der Waals surface area contributed by atoms with Crippen LogP contribution < -0.4 is 5.32 Å². The van der Waals surface area contributed by atoms with Gasteiger partial charge in [-0.05, 0) is 28.3 Å². The van der Waals surface area contributed by atoms with Crippen LogP contribution in [0.2, 0.25) is 10.2 Å². The summed E-state index contributed by atoms with van der Waals surface area (Å²) in [7, 11) is 0. The molecule has 1 N–H and O–H groups in total. The van der Waals surface area contributed by atoms with Crippen LogP contribution in [0.1, 0.15) is 29.0 Å². The lowest BCUT2D eigenvalue weighted by Gasteiger charge is -2.14. The number of amides is 1. The van der Waals surface area contributed by atoms with Crippen molar-refractivity contribution in [2.45, 2.75) is 12.3 Å². The van der Waals surface area contributed by atoms with E-state index in [2.05, 4.69) is 46.4 Å². The lowest BCUT2D eigenvalue weighted by molar-refractivity contribution is 0.143. The highest BCUT2D eigenvalue weighted by atomic mass is 35.5. The predicted molar refractivity (Wildman–Crippen MR) is 119 cm³/mol. The van der Waals surface area contributed by atoms with Crippen molar-refractivity contribution < 1.29 is 9.53 Å². The summed E-state index contributed by atoms with van der Waals surface area (Å²) in [6.45, 7) is 0.657. The molecule has 0 bridgehead atoms. The van der Waals surface area contributed by atoms with Gasteiger partial charge in [0.15, 0.2) is 0 Å². The number of hydrogen-bond acceptors (Lipinski definition) is 3. The van der Waals surface area contributed by atoms with Gasteiger partial charge in [-0.1, -0.05) is 83.6 Å². The average molecular weight is 437 g/mol. The molecule has 2 aromatic carbocycles. The quantitative estimate of drug-likeness (QED) is 0.325. The molecular weight excluding hydrogens is 419 g/mol. The van der Waals surface area contributed by atoms with Crippen molar-refractivity contribution in [1.29, 1.82) is 0 Å². The molecule has 0 spiro atoms. The number of rotatable bonds is 4. The third-order valence-corrected chi connectivity index (χ3v) is 5.40. The van der Waals surface area contributed by atoms with Gasteiger partial charge in [0.1, 0.15) is 11.8 Å². The van der Waals surface area contributed by atoms with E-state index in [9.17, 15) is 4.79 Å². The summed E-state index contributed by atoms with van der Waals surface area (Å²) >= 11 is 11.9. The van der Waals surface area contributed by atoms with Crippen molar-refractivity contribution in [2.24, 2.45) is 0 Å². The maximum Gasteiger partial charge on any atom is 0.407 e. The molecule has 0 aliphatic heterocycles. The van der Waals surface area contributed by atoms with Gasteiger partial charge < -0.3 is 10.1 Å². The number of carbonyl (C=O) groups is 1. The maximum absolute atomic E-state index is 12.1. The van der Waals surface area contributed by atoms with E-state index >= 15 is 0 Å². The Hall–Kier alpha value is -3.00. The third-order valence-electron chi connectivity index (χ3n) is 4.89. The van der Waals surface area contributed by atoms with Crippen LogP contribution in [0.25, 0.3) is 11.1 Å². The molecule has 6 heteroatoms. The summed E-state index contributed by atoms with van der Waals surface area (Å²) in [4.78, 5) is 16.1. The fourth-order valence-corrected chi connectivity index (χ4v) is 3.85. The van der Waals surface area contributed by atoms with Crippen LogP contribution in [-0.2, 0) is 4.74 Å². The number of nitrogens with one attached hydrogen (secondary N) is 1. The summed E-state index contributed by atoms with van der Waals surface area (Å²) in [6, 6.07) is 18.1. The molecule has 150 valence electrons. The monoisotopic (exact) mass is 436 g/mol. The first-order chi connectivity index (χ1) is 14.6. The normalized spacial score (nSPS) is 11.8. The number of alkyl carbamates (subject to hydrolysis) is 1. The molecule has 0 saturated carbocycles. The van der Waals surface area contributed by atoms with E-state index in [0.29, 0.717) is 28.7 Å². The highest BCUT2D eigenvalue weighted by Crippen LogP contribution is 2.44. The fourth-order valence-electron chi connectivity index (χ4n) is 3.54. The van der Waals surface area contributed by atoms with Gasteiger partial charge in [0, 0.05) is 25.1 Å². The molecule has 1 aliphatic rings. The molecule has 0 unspecified atom stereocenters. The first kappa shape index (κ1) is 20.3. The second-order valence-corrected chi connectivity index (χ2v) is 7.59. The van der Waals surface area contributed by atoms with E-state index in [4.69, 9.17) is 27.9 Å². The summed E-state index contributed by atoms with van der Waals surface area (Å²) in [5, 5.41) is 3.50. The number of ether oxygens (including phenoxy) is 1. The zero-order valence-corrected chi connectivity index (χ0v) is 17.5. The van der Waals surface area contributed by atoms with Crippen molar-refractivity contribution in [1.82, 2.24) is 10.3 Å². The number of fused-ring (bicyclic) bond motifs is 3. The maximum atomic E-state index is 12.1. The number of halogens is 2.